The molecule has 0 unspecified atom stereocenters. The maximum absolute atomic E-state index is 13.8. The number of thiazole rings is 1. The van der Waals surface area contributed by atoms with E-state index in [-0.39, 0.29) is 17.7 Å². The van der Waals surface area contributed by atoms with Crippen LogP contribution in [0.2, 0.25) is 0 Å². The normalized spacial score (nSPS) is 15.1. The Morgan fingerprint density at radius 1 is 1.11 bits per heavy atom. The van der Waals surface area contributed by atoms with Crippen molar-refractivity contribution in [3.63, 3.8) is 0 Å². The van der Waals surface area contributed by atoms with Crippen molar-refractivity contribution in [1.29, 1.82) is 0 Å². The molecule has 192 valence electrons. The molecule has 0 aliphatic carbocycles. The van der Waals surface area contributed by atoms with Crippen molar-refractivity contribution in [2.24, 2.45) is 4.99 Å². The summed E-state index contributed by atoms with van der Waals surface area (Å²) >= 11 is 1.19. The first-order chi connectivity index (χ1) is 17.8. The molecule has 2 heterocycles. The van der Waals surface area contributed by atoms with E-state index in [0.29, 0.717) is 43.4 Å². The third-order valence-corrected chi connectivity index (χ3v) is 6.65. The Bertz CT molecular complexity index is 1580. The molecule has 0 saturated heterocycles. The monoisotopic (exact) mass is 522 g/mol. The van der Waals surface area contributed by atoms with Gasteiger partial charge >= 0.3 is 11.9 Å². The molecular weight excluding hydrogens is 496 g/mol. The van der Waals surface area contributed by atoms with Crippen LogP contribution in [0.4, 0.5) is 0 Å². The van der Waals surface area contributed by atoms with Crippen molar-refractivity contribution >= 4 is 29.4 Å². The van der Waals surface area contributed by atoms with Gasteiger partial charge in [0.25, 0.3) is 5.56 Å². The van der Waals surface area contributed by atoms with Crippen LogP contribution in [0.5, 0.6) is 17.2 Å². The first kappa shape index (κ1) is 25.9. The zero-order valence-corrected chi connectivity index (χ0v) is 21.9. The molecule has 4 rings (SSSR count). The maximum Gasteiger partial charge on any atom is 0.338 e. The summed E-state index contributed by atoms with van der Waals surface area (Å²) < 4.78 is 23.4. The number of allylic oxidation sites excluding steroid dienone is 1. The lowest BCUT2D eigenvalue weighted by Gasteiger charge is -2.26. The highest BCUT2D eigenvalue weighted by Gasteiger charge is 2.35. The van der Waals surface area contributed by atoms with E-state index in [1.54, 1.807) is 62.4 Å². The molecule has 1 aromatic heterocycles. The predicted molar refractivity (Wildman–Crippen MR) is 138 cm³/mol. The van der Waals surface area contributed by atoms with Crippen LogP contribution in [0, 0.1) is 0 Å². The van der Waals surface area contributed by atoms with Crippen molar-refractivity contribution in [3.8, 4) is 17.2 Å². The van der Waals surface area contributed by atoms with E-state index in [1.165, 1.54) is 37.0 Å². The Morgan fingerprint density at radius 3 is 2.57 bits per heavy atom. The van der Waals surface area contributed by atoms with Gasteiger partial charge in [-0.3, -0.25) is 14.2 Å². The number of carbonyl (C=O) groups excluding carboxylic acids is 2. The van der Waals surface area contributed by atoms with Crippen molar-refractivity contribution in [2.75, 3.05) is 20.8 Å². The Kier molecular flexibility index (Phi) is 7.58. The standard InChI is InChI=1S/C27H26N2O7S/c1-6-35-26(32)23-15(2)28-27-29(24(23)20-14-18(33-4)10-11-21(20)34-5)25(31)22(37-27)13-17-8-7-9-19(12-17)36-16(3)30/h7-14,24H,6H2,1-5H3/b22-13-/t24-/m0/s1. The largest absolute Gasteiger partial charge is 0.497 e. The van der Waals surface area contributed by atoms with Gasteiger partial charge in [0.05, 0.1) is 36.6 Å². The summed E-state index contributed by atoms with van der Waals surface area (Å²) in [6.45, 7) is 4.92. The van der Waals surface area contributed by atoms with Gasteiger partial charge in [-0.05, 0) is 55.8 Å². The van der Waals surface area contributed by atoms with Crippen molar-refractivity contribution < 1.29 is 28.5 Å². The van der Waals surface area contributed by atoms with Gasteiger partial charge in [0.2, 0.25) is 0 Å². The van der Waals surface area contributed by atoms with Gasteiger partial charge < -0.3 is 18.9 Å². The zero-order valence-electron chi connectivity index (χ0n) is 21.1. The van der Waals surface area contributed by atoms with Crippen LogP contribution in [0.15, 0.2) is 63.5 Å². The summed E-state index contributed by atoms with van der Waals surface area (Å²) in [5.74, 6) is 0.380. The molecule has 0 N–H and O–H groups in total. The number of rotatable bonds is 7. The summed E-state index contributed by atoms with van der Waals surface area (Å²) in [6.07, 6.45) is 1.69. The lowest BCUT2D eigenvalue weighted by atomic mass is 9.94. The number of methoxy groups -OCH3 is 2. The summed E-state index contributed by atoms with van der Waals surface area (Å²) in [5.41, 5.74) is 1.57. The number of carbonyl (C=O) groups is 2. The van der Waals surface area contributed by atoms with Gasteiger partial charge in [0.15, 0.2) is 4.80 Å². The van der Waals surface area contributed by atoms with Gasteiger partial charge in [0.1, 0.15) is 23.3 Å². The van der Waals surface area contributed by atoms with Crippen LogP contribution in [0.1, 0.15) is 37.9 Å². The first-order valence-electron chi connectivity index (χ1n) is 11.5. The molecule has 1 atom stereocenters. The lowest BCUT2D eigenvalue weighted by molar-refractivity contribution is -0.139. The van der Waals surface area contributed by atoms with Crippen molar-refractivity contribution in [3.05, 3.63) is 84.5 Å². The zero-order chi connectivity index (χ0) is 26.7. The number of fused-ring (bicyclic) bond motifs is 1. The molecule has 0 spiro atoms. The highest BCUT2D eigenvalue weighted by atomic mass is 32.1. The topological polar surface area (TPSA) is 105 Å². The second-order valence-corrected chi connectivity index (χ2v) is 9.09. The Hall–Kier alpha value is -4.18. The number of aromatic nitrogens is 1. The van der Waals surface area contributed by atoms with Crippen LogP contribution >= 0.6 is 11.3 Å². The molecule has 0 fully saturated rings. The molecule has 3 aromatic rings. The quantitative estimate of drug-likeness (QED) is 0.347. The fourth-order valence-electron chi connectivity index (χ4n) is 4.12. The highest BCUT2D eigenvalue weighted by Crippen LogP contribution is 2.37. The molecule has 2 aromatic carbocycles. The maximum atomic E-state index is 13.8. The third kappa shape index (κ3) is 5.19. The molecule has 1 aliphatic rings. The van der Waals surface area contributed by atoms with E-state index < -0.39 is 18.0 Å². The van der Waals surface area contributed by atoms with Gasteiger partial charge in [-0.1, -0.05) is 23.5 Å². The van der Waals surface area contributed by atoms with E-state index in [0.717, 1.165) is 0 Å². The molecule has 0 radical (unpaired) electrons. The SMILES string of the molecule is CCOC(=O)C1=C(C)N=c2s/c(=C\c3cccc(OC(C)=O)c3)c(=O)n2[C@H]1c1cc(OC)ccc1OC. The van der Waals surface area contributed by atoms with Crippen LogP contribution in [-0.4, -0.2) is 37.3 Å². The number of esters is 2. The fourth-order valence-corrected chi connectivity index (χ4v) is 5.17. The number of benzene rings is 2. The Morgan fingerprint density at radius 2 is 1.89 bits per heavy atom. The summed E-state index contributed by atoms with van der Waals surface area (Å²) in [7, 11) is 3.06. The van der Waals surface area contributed by atoms with Crippen LogP contribution < -0.4 is 29.1 Å². The van der Waals surface area contributed by atoms with Crippen LogP contribution in [0.25, 0.3) is 6.08 Å². The molecule has 9 nitrogen and oxygen atoms in total. The molecule has 10 heteroatoms. The smallest absolute Gasteiger partial charge is 0.338 e. The third-order valence-electron chi connectivity index (χ3n) is 5.67. The average molecular weight is 523 g/mol. The molecule has 1 aliphatic heterocycles. The van der Waals surface area contributed by atoms with E-state index in [9.17, 15) is 14.4 Å². The lowest BCUT2D eigenvalue weighted by Crippen LogP contribution is -2.40. The van der Waals surface area contributed by atoms with Gasteiger partial charge in [0, 0.05) is 12.5 Å². The number of hydrogen-bond acceptors (Lipinski definition) is 9. The van der Waals surface area contributed by atoms with E-state index in [4.69, 9.17) is 18.9 Å². The average Bonchev–Trinajstić information content (AvgIpc) is 3.16. The van der Waals surface area contributed by atoms with E-state index >= 15 is 0 Å². The second kappa shape index (κ2) is 10.8. The predicted octanol–water partition coefficient (Wildman–Crippen LogP) is 2.74. The first-order valence-corrected chi connectivity index (χ1v) is 12.3. The fraction of sp³-hybridized carbons (Fsp3) is 0.259. The minimum absolute atomic E-state index is 0.167. The molecule has 37 heavy (non-hydrogen) atoms. The van der Waals surface area contributed by atoms with Crippen LogP contribution in [0.3, 0.4) is 0 Å². The minimum Gasteiger partial charge on any atom is -0.497 e. The Balaban J connectivity index is 1.96. The van der Waals surface area contributed by atoms with E-state index in [2.05, 4.69) is 4.99 Å². The van der Waals surface area contributed by atoms with Gasteiger partial charge in [-0.25, -0.2) is 9.79 Å². The van der Waals surface area contributed by atoms with Gasteiger partial charge in [-0.2, -0.15) is 0 Å². The summed E-state index contributed by atoms with van der Waals surface area (Å²) in [4.78, 5) is 43.3. The van der Waals surface area contributed by atoms with Gasteiger partial charge in [-0.15, -0.1) is 0 Å². The minimum atomic E-state index is -0.852. The van der Waals surface area contributed by atoms with Crippen molar-refractivity contribution in [1.82, 2.24) is 4.57 Å². The molecular formula is C27H26N2O7S. The summed E-state index contributed by atoms with van der Waals surface area (Å²) in [6, 6.07) is 11.2. The summed E-state index contributed by atoms with van der Waals surface area (Å²) in [5, 5.41) is 0. The number of ether oxygens (including phenoxy) is 4. The Labute approximate surface area is 216 Å². The number of hydrogen-bond donors (Lipinski definition) is 0. The molecule has 0 saturated carbocycles. The van der Waals surface area contributed by atoms with Crippen LogP contribution in [-0.2, 0) is 14.3 Å². The van der Waals surface area contributed by atoms with Crippen molar-refractivity contribution in [2.45, 2.75) is 26.8 Å². The molecule has 0 bridgehead atoms. The second-order valence-electron chi connectivity index (χ2n) is 8.08. The molecule has 0 amide bonds. The van der Waals surface area contributed by atoms with E-state index in [1.807, 2.05) is 0 Å². The highest BCUT2D eigenvalue weighted by molar-refractivity contribution is 7.07. The number of nitrogens with zero attached hydrogens (tertiary/aromatic N) is 2.